The standard InChI is InChI=1S/C7H14O2.B/c1-2-3-4-5-6-7(8)9;/h2-6H2,1H3,(H,8,9);. The van der Waals surface area contributed by atoms with Gasteiger partial charge in [0.2, 0.25) is 0 Å². The van der Waals surface area contributed by atoms with Gasteiger partial charge in [0, 0.05) is 14.8 Å². The van der Waals surface area contributed by atoms with Crippen LogP contribution in [-0.2, 0) is 4.79 Å². The molecule has 0 aliphatic carbocycles. The fraction of sp³-hybridized carbons (Fsp3) is 0.857. The average molecular weight is 141 g/mol. The zero-order valence-corrected chi connectivity index (χ0v) is 6.47. The molecule has 0 aromatic rings. The summed E-state index contributed by atoms with van der Waals surface area (Å²) in [6.45, 7) is 2.11. The van der Waals surface area contributed by atoms with Gasteiger partial charge in [-0.15, -0.1) is 0 Å². The van der Waals surface area contributed by atoms with E-state index in [2.05, 4.69) is 6.92 Å². The smallest absolute Gasteiger partial charge is 0.303 e. The molecule has 0 aromatic heterocycles. The Morgan fingerprint density at radius 2 is 1.90 bits per heavy atom. The Morgan fingerprint density at radius 1 is 1.30 bits per heavy atom. The molecular weight excluding hydrogens is 127 g/mol. The van der Waals surface area contributed by atoms with E-state index in [0.717, 1.165) is 19.3 Å². The maximum absolute atomic E-state index is 9.96. The summed E-state index contributed by atoms with van der Waals surface area (Å²) in [5.74, 6) is -0.675. The highest BCUT2D eigenvalue weighted by molar-refractivity contribution is 5.75. The molecule has 0 bridgehead atoms. The number of carboxylic acid groups (broad SMARTS) is 1. The number of aliphatic carboxylic acids is 1. The second-order valence-corrected chi connectivity index (χ2v) is 2.20. The van der Waals surface area contributed by atoms with Gasteiger partial charge in [-0.25, -0.2) is 0 Å². The third-order valence-corrected chi connectivity index (χ3v) is 1.24. The highest BCUT2D eigenvalue weighted by Crippen LogP contribution is 2.01. The van der Waals surface area contributed by atoms with Gasteiger partial charge >= 0.3 is 5.97 Å². The Morgan fingerprint density at radius 3 is 2.30 bits per heavy atom. The predicted octanol–water partition coefficient (Wildman–Crippen LogP) is 1.66. The van der Waals surface area contributed by atoms with Gasteiger partial charge in [0.1, 0.15) is 0 Å². The minimum atomic E-state index is -0.675. The fourth-order valence-electron chi connectivity index (χ4n) is 0.703. The molecule has 0 rings (SSSR count). The zero-order valence-electron chi connectivity index (χ0n) is 6.47. The van der Waals surface area contributed by atoms with E-state index in [9.17, 15) is 4.79 Å². The Balaban J connectivity index is 0. The molecule has 57 valence electrons. The van der Waals surface area contributed by atoms with Gasteiger partial charge < -0.3 is 5.11 Å². The van der Waals surface area contributed by atoms with E-state index in [0.29, 0.717) is 6.42 Å². The molecule has 1 N–H and O–H groups in total. The molecule has 0 aliphatic heterocycles. The molecule has 0 saturated carbocycles. The van der Waals surface area contributed by atoms with Crippen LogP contribution in [0.4, 0.5) is 0 Å². The Kier molecular flexibility index (Phi) is 10.4. The molecule has 0 heterocycles. The molecule has 10 heavy (non-hydrogen) atoms. The zero-order chi connectivity index (χ0) is 7.11. The minimum Gasteiger partial charge on any atom is -0.481 e. The lowest BCUT2D eigenvalue weighted by atomic mass is 10.2. The SMILES string of the molecule is CCCCCCC(=O)O.[B]. The Labute approximate surface area is 64.2 Å². The molecule has 0 atom stereocenters. The van der Waals surface area contributed by atoms with E-state index in [1.165, 1.54) is 6.42 Å². The van der Waals surface area contributed by atoms with E-state index in [4.69, 9.17) is 5.11 Å². The summed E-state index contributed by atoms with van der Waals surface area (Å²) in [6.07, 6.45) is 4.55. The Hall–Kier alpha value is -0.465. The maximum Gasteiger partial charge on any atom is 0.303 e. The highest BCUT2D eigenvalue weighted by atomic mass is 16.4. The summed E-state index contributed by atoms with van der Waals surface area (Å²) >= 11 is 0. The lowest BCUT2D eigenvalue weighted by molar-refractivity contribution is -0.137. The van der Waals surface area contributed by atoms with Gasteiger partial charge in [0.25, 0.3) is 0 Å². The van der Waals surface area contributed by atoms with Crippen LogP contribution in [0.5, 0.6) is 0 Å². The molecule has 3 heteroatoms. The first-order valence-corrected chi connectivity index (χ1v) is 3.49. The summed E-state index contributed by atoms with van der Waals surface area (Å²) in [5, 5.41) is 8.21. The topological polar surface area (TPSA) is 37.3 Å². The van der Waals surface area contributed by atoms with E-state index < -0.39 is 5.97 Å². The van der Waals surface area contributed by atoms with Crippen LogP contribution in [0.3, 0.4) is 0 Å². The Bertz CT molecular complexity index is 83.7. The van der Waals surface area contributed by atoms with Crippen LogP contribution < -0.4 is 0 Å². The molecule has 0 spiro atoms. The van der Waals surface area contributed by atoms with Crippen LogP contribution in [0.25, 0.3) is 0 Å². The van der Waals surface area contributed by atoms with Crippen LogP contribution in [0.15, 0.2) is 0 Å². The summed E-state index contributed by atoms with van der Waals surface area (Å²) < 4.78 is 0. The number of carboxylic acids is 1. The first-order chi connectivity index (χ1) is 4.27. The van der Waals surface area contributed by atoms with Crippen molar-refractivity contribution in [2.45, 2.75) is 39.0 Å². The van der Waals surface area contributed by atoms with E-state index in [1.807, 2.05) is 0 Å². The predicted molar refractivity (Wildman–Crippen MR) is 42.1 cm³/mol. The van der Waals surface area contributed by atoms with Crippen LogP contribution in [0.2, 0.25) is 0 Å². The normalized spacial score (nSPS) is 8.50. The van der Waals surface area contributed by atoms with Crippen molar-refractivity contribution in [2.75, 3.05) is 0 Å². The largest absolute Gasteiger partial charge is 0.481 e. The average Bonchev–Trinajstić information content (AvgIpc) is 1.80. The second-order valence-electron chi connectivity index (χ2n) is 2.20. The summed E-state index contributed by atoms with van der Waals surface area (Å²) in [6, 6.07) is 0. The number of rotatable bonds is 5. The van der Waals surface area contributed by atoms with Crippen LogP contribution in [-0.4, -0.2) is 19.5 Å². The summed E-state index contributed by atoms with van der Waals surface area (Å²) in [4.78, 5) is 9.96. The van der Waals surface area contributed by atoms with E-state index in [1.54, 1.807) is 0 Å². The molecule has 0 aliphatic rings. The fourth-order valence-corrected chi connectivity index (χ4v) is 0.703. The second kappa shape index (κ2) is 8.53. The van der Waals surface area contributed by atoms with Crippen molar-refractivity contribution in [2.24, 2.45) is 0 Å². The van der Waals surface area contributed by atoms with Gasteiger partial charge in [0.05, 0.1) is 0 Å². The lowest BCUT2D eigenvalue weighted by Crippen LogP contribution is -1.92. The van der Waals surface area contributed by atoms with Crippen molar-refractivity contribution in [3.63, 3.8) is 0 Å². The summed E-state index contributed by atoms with van der Waals surface area (Å²) in [7, 11) is 0. The molecular formula is C7H14BO2. The van der Waals surface area contributed by atoms with Gasteiger partial charge in [-0.2, -0.15) is 0 Å². The number of carbonyl (C=O) groups is 1. The van der Waals surface area contributed by atoms with Crippen molar-refractivity contribution in [3.8, 4) is 0 Å². The molecule has 0 amide bonds. The van der Waals surface area contributed by atoms with Crippen molar-refractivity contribution in [1.82, 2.24) is 0 Å². The summed E-state index contributed by atoms with van der Waals surface area (Å²) in [5.41, 5.74) is 0. The van der Waals surface area contributed by atoms with E-state index >= 15 is 0 Å². The maximum atomic E-state index is 9.96. The van der Waals surface area contributed by atoms with Crippen LogP contribution in [0, 0.1) is 0 Å². The third kappa shape index (κ3) is 10.5. The first kappa shape index (κ1) is 12.2. The van der Waals surface area contributed by atoms with Crippen LogP contribution in [0.1, 0.15) is 39.0 Å². The quantitative estimate of drug-likeness (QED) is 0.466. The van der Waals surface area contributed by atoms with Gasteiger partial charge in [0.15, 0.2) is 0 Å². The lowest BCUT2D eigenvalue weighted by Gasteiger charge is -1.92. The molecule has 0 saturated heterocycles. The van der Waals surface area contributed by atoms with Gasteiger partial charge in [-0.3, -0.25) is 4.79 Å². The number of hydrogen-bond donors (Lipinski definition) is 1. The minimum absolute atomic E-state index is 0. The number of hydrogen-bond acceptors (Lipinski definition) is 1. The van der Waals surface area contributed by atoms with Gasteiger partial charge in [-0.05, 0) is 6.42 Å². The highest BCUT2D eigenvalue weighted by Gasteiger charge is 1.93. The van der Waals surface area contributed by atoms with Crippen LogP contribution >= 0.6 is 0 Å². The van der Waals surface area contributed by atoms with Gasteiger partial charge in [-0.1, -0.05) is 26.2 Å². The molecule has 2 nitrogen and oxygen atoms in total. The van der Waals surface area contributed by atoms with Crippen molar-refractivity contribution < 1.29 is 9.90 Å². The molecule has 3 radical (unpaired) electrons. The molecule has 0 fully saturated rings. The third-order valence-electron chi connectivity index (χ3n) is 1.24. The van der Waals surface area contributed by atoms with Crippen molar-refractivity contribution in [1.29, 1.82) is 0 Å². The monoisotopic (exact) mass is 141 g/mol. The first-order valence-electron chi connectivity index (χ1n) is 3.49. The van der Waals surface area contributed by atoms with Crippen molar-refractivity contribution >= 4 is 14.4 Å². The van der Waals surface area contributed by atoms with Crippen molar-refractivity contribution in [3.05, 3.63) is 0 Å². The molecule has 0 unspecified atom stereocenters. The number of unbranched alkanes of at least 4 members (excludes halogenated alkanes) is 3. The van der Waals surface area contributed by atoms with E-state index in [-0.39, 0.29) is 8.41 Å². The molecule has 0 aromatic carbocycles.